The Morgan fingerprint density at radius 3 is 2.17 bits per heavy atom. The van der Waals surface area contributed by atoms with Crippen molar-refractivity contribution in [3.8, 4) is 0 Å². The van der Waals surface area contributed by atoms with Crippen LogP contribution in [0, 0.1) is 16.7 Å². The van der Waals surface area contributed by atoms with Crippen molar-refractivity contribution < 1.29 is 58.9 Å². The molecule has 2 aromatic carbocycles. The molecule has 1 saturated heterocycles. The molecule has 4 aliphatic rings. The Morgan fingerprint density at radius 1 is 0.981 bits per heavy atom. The molecule has 11 atom stereocenters. The maximum absolute atomic E-state index is 14.7. The number of amides is 1. The van der Waals surface area contributed by atoms with Crippen molar-refractivity contribution in [3.63, 3.8) is 0 Å². The first-order valence-electron chi connectivity index (χ1n) is 18.2. The first kappa shape index (κ1) is 39.5. The third kappa shape index (κ3) is 6.02. The fourth-order valence-electron chi connectivity index (χ4n) is 9.11. The third-order valence-electron chi connectivity index (χ3n) is 12.7. The van der Waals surface area contributed by atoms with Gasteiger partial charge >= 0.3 is 11.9 Å². The van der Waals surface area contributed by atoms with Crippen molar-refractivity contribution in [3.05, 3.63) is 94.6 Å². The Hall–Kier alpha value is -4.24. The van der Waals surface area contributed by atoms with Crippen LogP contribution in [0.25, 0.3) is 0 Å². The number of allylic oxidation sites excluding steroid dienone is 1. The first-order valence-corrected chi connectivity index (χ1v) is 18.2. The van der Waals surface area contributed by atoms with Crippen LogP contribution in [0.15, 0.2) is 83.5 Å². The minimum atomic E-state index is -2.29. The van der Waals surface area contributed by atoms with Crippen LogP contribution in [0.5, 0.6) is 0 Å². The van der Waals surface area contributed by atoms with Crippen molar-refractivity contribution in [2.75, 3.05) is 6.61 Å². The van der Waals surface area contributed by atoms with E-state index in [1.54, 1.807) is 82.3 Å². The number of nitrogens with one attached hydrogen (secondary N) is 1. The van der Waals surface area contributed by atoms with E-state index in [4.69, 9.17) is 14.2 Å². The molecular weight excluding hydrogens is 698 g/mol. The largest absolute Gasteiger partial charge is 0.456 e. The van der Waals surface area contributed by atoms with E-state index in [0.29, 0.717) is 11.1 Å². The zero-order valence-corrected chi connectivity index (χ0v) is 31.2. The molecule has 3 aliphatic carbocycles. The summed E-state index contributed by atoms with van der Waals surface area (Å²) < 4.78 is 17.8. The smallest absolute Gasteiger partial charge is 0.338 e. The molecule has 1 unspecified atom stereocenters. The molecule has 6 N–H and O–H groups in total. The fourth-order valence-corrected chi connectivity index (χ4v) is 9.11. The molecule has 1 amide bonds. The number of carbonyl (C=O) groups excluding carboxylic acids is 4. The summed E-state index contributed by atoms with van der Waals surface area (Å²) in [5.74, 6) is -5.02. The minimum absolute atomic E-state index is 0.0308. The fraction of sp³-hybridized carbons (Fsp3) is 0.512. The van der Waals surface area contributed by atoms with Gasteiger partial charge in [0.15, 0.2) is 11.9 Å². The summed E-state index contributed by atoms with van der Waals surface area (Å²) in [6.07, 6.45) is -8.63. The van der Waals surface area contributed by atoms with Gasteiger partial charge in [0.2, 0.25) is 5.91 Å². The van der Waals surface area contributed by atoms with Crippen LogP contribution in [-0.4, -0.2) is 104 Å². The summed E-state index contributed by atoms with van der Waals surface area (Å²) in [7, 11) is 0. The Balaban J connectivity index is 1.47. The molecule has 0 radical (unpaired) electrons. The van der Waals surface area contributed by atoms with Gasteiger partial charge in [-0.1, -0.05) is 68.5 Å². The molecule has 2 aromatic rings. The summed E-state index contributed by atoms with van der Waals surface area (Å²) in [5.41, 5.74) is -6.72. The van der Waals surface area contributed by atoms with Crippen LogP contribution < -0.4 is 5.32 Å². The van der Waals surface area contributed by atoms with Gasteiger partial charge in [-0.25, -0.2) is 9.59 Å². The highest BCUT2D eigenvalue weighted by Crippen LogP contribution is 2.63. The zero-order chi connectivity index (χ0) is 39.5. The van der Waals surface area contributed by atoms with Crippen molar-refractivity contribution in [2.24, 2.45) is 16.7 Å². The summed E-state index contributed by atoms with van der Waals surface area (Å²) >= 11 is 0. The highest BCUT2D eigenvalue weighted by Gasteiger charge is 2.76. The molecule has 13 heteroatoms. The molecule has 6 rings (SSSR count). The Bertz CT molecular complexity index is 1880. The molecule has 54 heavy (non-hydrogen) atoms. The third-order valence-corrected chi connectivity index (χ3v) is 12.7. The number of rotatable bonds is 8. The molecule has 13 nitrogen and oxygen atoms in total. The lowest BCUT2D eigenvalue weighted by Crippen LogP contribution is -2.81. The molecule has 1 aliphatic heterocycles. The number of hydrogen-bond donors (Lipinski definition) is 6. The number of aliphatic hydroxyl groups is 5. The lowest BCUT2D eigenvalue weighted by Gasteiger charge is -2.66. The monoisotopic (exact) mass is 747 g/mol. The van der Waals surface area contributed by atoms with Crippen molar-refractivity contribution in [1.82, 2.24) is 5.32 Å². The lowest BCUT2D eigenvalue weighted by molar-refractivity contribution is -0.343. The van der Waals surface area contributed by atoms with Gasteiger partial charge in [-0.05, 0) is 56.5 Å². The molecule has 1 heterocycles. The SMILES string of the molecule is C/C=C(\C)C(=O)NC(c1ccccc1)[C@@H](O)C(=O)O[C@H]1C[C@@]2(O)[C@@H](OC(=O)c3ccccc3)[C@@H]3[C@]4(O)CO[C@@H]4C[C@H](O)[C@@]3(C)C(=O)[C@H](O)C(=C1C)C2(C)C. The maximum atomic E-state index is 14.7. The summed E-state index contributed by atoms with van der Waals surface area (Å²) in [6, 6.07) is 15.0. The molecular formula is C41H49NO12. The van der Waals surface area contributed by atoms with Crippen molar-refractivity contribution in [2.45, 2.75) is 108 Å². The highest BCUT2D eigenvalue weighted by molar-refractivity contribution is 5.94. The number of benzene rings is 2. The van der Waals surface area contributed by atoms with E-state index < -0.39 is 101 Å². The van der Waals surface area contributed by atoms with Crippen molar-refractivity contribution >= 4 is 23.6 Å². The molecule has 0 aromatic heterocycles. The molecule has 2 bridgehead atoms. The van der Waals surface area contributed by atoms with E-state index in [1.807, 2.05) is 0 Å². The van der Waals surface area contributed by atoms with Gasteiger partial charge in [0.1, 0.15) is 29.5 Å². The normalized spacial score (nSPS) is 35.5. The quantitative estimate of drug-likeness (QED) is 0.131. The van der Waals surface area contributed by atoms with Crippen LogP contribution >= 0.6 is 0 Å². The number of Topliss-reactive ketones (excluding diaryl/α,β-unsaturated/α-hetero) is 1. The van der Waals surface area contributed by atoms with Gasteiger partial charge in [-0.2, -0.15) is 0 Å². The van der Waals surface area contributed by atoms with Crippen molar-refractivity contribution in [1.29, 1.82) is 0 Å². The van der Waals surface area contributed by atoms with Gasteiger partial charge in [0.05, 0.1) is 35.8 Å². The summed E-state index contributed by atoms with van der Waals surface area (Å²) in [5, 5.41) is 63.3. The topological polar surface area (TPSA) is 209 Å². The second-order valence-electron chi connectivity index (χ2n) is 15.8. The second-order valence-corrected chi connectivity index (χ2v) is 15.8. The Kier molecular flexibility index (Phi) is 10.3. The number of aliphatic hydroxyl groups excluding tert-OH is 3. The molecule has 290 valence electrons. The van der Waals surface area contributed by atoms with Crippen LogP contribution in [0.1, 0.15) is 76.3 Å². The van der Waals surface area contributed by atoms with Crippen LogP contribution in [0.2, 0.25) is 0 Å². The second kappa shape index (κ2) is 14.1. The number of ketones is 1. The molecule has 3 fully saturated rings. The van der Waals surface area contributed by atoms with Crippen LogP contribution in [-0.2, 0) is 28.6 Å². The van der Waals surface area contributed by atoms with Gasteiger partial charge in [-0.3, -0.25) is 9.59 Å². The van der Waals surface area contributed by atoms with E-state index >= 15 is 0 Å². The predicted octanol–water partition coefficient (Wildman–Crippen LogP) is 2.25. The van der Waals surface area contributed by atoms with Gasteiger partial charge in [0.25, 0.3) is 0 Å². The average Bonchev–Trinajstić information content (AvgIpc) is 3.15. The summed E-state index contributed by atoms with van der Waals surface area (Å²) in [6.45, 7) is 8.96. The standard InChI is InChI=1S/C41H49NO12/c1-7-21(2)35(47)42-29(23-14-10-8-11-15-23)31(45)37(49)53-25-19-41(51)34(54-36(48)24-16-12-9-13-17-24)32-39(6,26(43)18-27-40(32,50)20-52-27)33(46)30(44)28(22(25)3)38(41,4)5/h7-17,25-27,29-32,34,43-45,50-51H,18-20H2,1-6H3,(H,42,47)/b21-7+/t25-,26-,27+,29?,30+,31+,32-,34-,39+,40-,41+/m0/s1. The van der Waals surface area contributed by atoms with Gasteiger partial charge in [0, 0.05) is 29.7 Å². The van der Waals surface area contributed by atoms with Gasteiger partial charge in [-0.15, -0.1) is 0 Å². The molecule has 0 spiro atoms. The highest BCUT2D eigenvalue weighted by atomic mass is 16.6. The van der Waals surface area contributed by atoms with Gasteiger partial charge < -0.3 is 45.1 Å². The minimum Gasteiger partial charge on any atom is -0.456 e. The first-order chi connectivity index (χ1) is 25.3. The number of fused-ring (bicyclic) bond motifs is 5. The van der Waals surface area contributed by atoms with E-state index in [-0.39, 0.29) is 29.7 Å². The lowest BCUT2D eigenvalue weighted by atomic mass is 9.44. The maximum Gasteiger partial charge on any atom is 0.338 e. The van der Waals surface area contributed by atoms with E-state index in [0.717, 1.165) is 0 Å². The number of esters is 2. The number of hydrogen-bond acceptors (Lipinski definition) is 12. The van der Waals surface area contributed by atoms with E-state index in [9.17, 15) is 44.7 Å². The summed E-state index contributed by atoms with van der Waals surface area (Å²) in [4.78, 5) is 55.5. The predicted molar refractivity (Wildman–Crippen MR) is 192 cm³/mol. The average molecular weight is 748 g/mol. The zero-order valence-electron chi connectivity index (χ0n) is 31.2. The number of ether oxygens (including phenoxy) is 3. The van der Waals surface area contributed by atoms with E-state index in [2.05, 4.69) is 5.32 Å². The van der Waals surface area contributed by atoms with Crippen LogP contribution in [0.4, 0.5) is 0 Å². The Morgan fingerprint density at radius 2 is 1.59 bits per heavy atom. The number of carbonyl (C=O) groups is 4. The Labute approximate surface area is 313 Å². The molecule has 2 saturated carbocycles. The van der Waals surface area contributed by atoms with E-state index in [1.165, 1.54) is 26.0 Å². The van der Waals surface area contributed by atoms with Crippen LogP contribution in [0.3, 0.4) is 0 Å².